The molecule has 0 amide bonds. The van der Waals surface area contributed by atoms with Crippen molar-refractivity contribution >= 4 is 5.96 Å². The van der Waals surface area contributed by atoms with E-state index in [1.54, 1.807) is 25.5 Å². The van der Waals surface area contributed by atoms with Crippen molar-refractivity contribution in [2.75, 3.05) is 13.6 Å². The molecule has 0 unspecified atom stereocenters. The van der Waals surface area contributed by atoms with E-state index in [4.69, 9.17) is 0 Å². The van der Waals surface area contributed by atoms with E-state index in [-0.39, 0.29) is 5.82 Å². The Labute approximate surface area is 151 Å². The van der Waals surface area contributed by atoms with Crippen LogP contribution in [-0.4, -0.2) is 34.3 Å². The number of nitrogens with zero attached hydrogens (tertiary/aromatic N) is 4. The maximum Gasteiger partial charge on any atom is 0.191 e. The van der Waals surface area contributed by atoms with Gasteiger partial charge in [0.1, 0.15) is 12.1 Å². The number of hydrogen-bond acceptors (Lipinski definition) is 3. The summed E-state index contributed by atoms with van der Waals surface area (Å²) < 4.78 is 15.6. The number of hydrogen-bond donors (Lipinski definition) is 2. The third-order valence-corrected chi connectivity index (χ3v) is 3.93. The van der Waals surface area contributed by atoms with E-state index in [1.165, 1.54) is 6.07 Å². The Hall–Kier alpha value is -3.22. The summed E-state index contributed by atoms with van der Waals surface area (Å²) in [6.07, 6.45) is 2.26. The van der Waals surface area contributed by atoms with Gasteiger partial charge in [-0.15, -0.1) is 10.2 Å². The van der Waals surface area contributed by atoms with Gasteiger partial charge in [0, 0.05) is 19.3 Å². The topological polar surface area (TPSA) is 67.1 Å². The van der Waals surface area contributed by atoms with E-state index in [2.05, 4.69) is 25.8 Å². The molecular formula is C19H21FN6. The van der Waals surface area contributed by atoms with Gasteiger partial charge in [0.2, 0.25) is 0 Å². The van der Waals surface area contributed by atoms with Crippen LogP contribution in [-0.2, 0) is 13.0 Å². The zero-order chi connectivity index (χ0) is 18.2. The highest BCUT2D eigenvalue weighted by Gasteiger charge is 2.07. The molecule has 2 aromatic carbocycles. The third-order valence-electron chi connectivity index (χ3n) is 3.93. The highest BCUT2D eigenvalue weighted by Crippen LogP contribution is 2.08. The maximum absolute atomic E-state index is 13.6. The molecule has 0 saturated carbocycles. The van der Waals surface area contributed by atoms with Gasteiger partial charge in [-0.2, -0.15) is 0 Å². The Morgan fingerprint density at radius 1 is 1.08 bits per heavy atom. The summed E-state index contributed by atoms with van der Waals surface area (Å²) >= 11 is 0. The van der Waals surface area contributed by atoms with Gasteiger partial charge >= 0.3 is 0 Å². The second-order valence-corrected chi connectivity index (χ2v) is 5.65. The van der Waals surface area contributed by atoms with Crippen LogP contribution in [0.1, 0.15) is 11.4 Å². The van der Waals surface area contributed by atoms with Crippen molar-refractivity contribution in [3.8, 4) is 5.69 Å². The first-order valence-corrected chi connectivity index (χ1v) is 8.40. The van der Waals surface area contributed by atoms with E-state index in [1.807, 2.05) is 41.0 Å². The molecule has 0 atom stereocenters. The molecule has 0 bridgehead atoms. The van der Waals surface area contributed by atoms with Gasteiger partial charge in [-0.1, -0.05) is 36.4 Å². The molecule has 1 heterocycles. The molecule has 0 aliphatic rings. The average molecular weight is 352 g/mol. The lowest BCUT2D eigenvalue weighted by Crippen LogP contribution is -2.38. The van der Waals surface area contributed by atoms with Gasteiger partial charge in [0.25, 0.3) is 0 Å². The summed E-state index contributed by atoms with van der Waals surface area (Å²) in [6, 6.07) is 16.7. The molecular weight excluding hydrogens is 331 g/mol. The number of benzene rings is 2. The molecule has 26 heavy (non-hydrogen) atoms. The van der Waals surface area contributed by atoms with Gasteiger partial charge in [-0.3, -0.25) is 9.56 Å². The number of rotatable bonds is 6. The zero-order valence-electron chi connectivity index (χ0n) is 14.6. The van der Waals surface area contributed by atoms with Crippen molar-refractivity contribution in [1.82, 2.24) is 25.4 Å². The first-order valence-electron chi connectivity index (χ1n) is 8.40. The summed E-state index contributed by atoms with van der Waals surface area (Å²) in [4.78, 5) is 4.19. The largest absolute Gasteiger partial charge is 0.356 e. The van der Waals surface area contributed by atoms with Crippen molar-refractivity contribution < 1.29 is 4.39 Å². The number of halogens is 1. The van der Waals surface area contributed by atoms with Crippen LogP contribution in [0, 0.1) is 5.82 Å². The third kappa shape index (κ3) is 4.44. The Balaban J connectivity index is 1.54. The highest BCUT2D eigenvalue weighted by molar-refractivity contribution is 5.79. The van der Waals surface area contributed by atoms with Crippen LogP contribution in [0.3, 0.4) is 0 Å². The molecule has 0 fully saturated rings. The summed E-state index contributed by atoms with van der Waals surface area (Å²) in [5.74, 6) is 1.21. The van der Waals surface area contributed by atoms with Crippen molar-refractivity contribution in [2.24, 2.45) is 4.99 Å². The van der Waals surface area contributed by atoms with Crippen molar-refractivity contribution in [1.29, 1.82) is 0 Å². The molecule has 134 valence electrons. The summed E-state index contributed by atoms with van der Waals surface area (Å²) in [5.41, 5.74) is 1.68. The predicted molar refractivity (Wildman–Crippen MR) is 99.7 cm³/mol. The molecule has 3 aromatic rings. The molecule has 2 N–H and O–H groups in total. The fourth-order valence-electron chi connectivity index (χ4n) is 2.58. The standard InChI is InChI=1S/C19H21FN6/c1-21-19(22-12-11-15-7-5-6-10-17(15)20)23-13-18-25-24-14-26(18)16-8-3-2-4-9-16/h2-10,14H,11-13H2,1H3,(H2,21,22,23). The second-order valence-electron chi connectivity index (χ2n) is 5.65. The average Bonchev–Trinajstić information content (AvgIpc) is 3.15. The minimum Gasteiger partial charge on any atom is -0.356 e. The number of aromatic nitrogens is 3. The quantitative estimate of drug-likeness (QED) is 0.528. The van der Waals surface area contributed by atoms with Gasteiger partial charge < -0.3 is 10.6 Å². The molecule has 3 rings (SSSR count). The van der Waals surface area contributed by atoms with Crippen LogP contribution >= 0.6 is 0 Å². The lowest BCUT2D eigenvalue weighted by atomic mass is 10.1. The highest BCUT2D eigenvalue weighted by atomic mass is 19.1. The van der Waals surface area contributed by atoms with Crippen LogP contribution in [0.25, 0.3) is 5.69 Å². The van der Waals surface area contributed by atoms with Crippen molar-refractivity contribution in [3.63, 3.8) is 0 Å². The SMILES string of the molecule is CN=C(NCCc1ccccc1F)NCc1nncn1-c1ccccc1. The molecule has 1 aromatic heterocycles. The first-order chi connectivity index (χ1) is 12.8. The summed E-state index contributed by atoms with van der Waals surface area (Å²) in [6.45, 7) is 1.04. The molecule has 0 radical (unpaired) electrons. The lowest BCUT2D eigenvalue weighted by Gasteiger charge is -2.12. The number of nitrogens with one attached hydrogen (secondary N) is 2. The van der Waals surface area contributed by atoms with Crippen LogP contribution < -0.4 is 10.6 Å². The first kappa shape index (κ1) is 17.6. The van der Waals surface area contributed by atoms with E-state index < -0.39 is 0 Å². The smallest absolute Gasteiger partial charge is 0.191 e. The van der Waals surface area contributed by atoms with E-state index in [0.29, 0.717) is 31.0 Å². The normalized spacial score (nSPS) is 11.4. The maximum atomic E-state index is 13.6. The fourth-order valence-corrected chi connectivity index (χ4v) is 2.58. The molecule has 6 nitrogen and oxygen atoms in total. The lowest BCUT2D eigenvalue weighted by molar-refractivity contribution is 0.606. The summed E-state index contributed by atoms with van der Waals surface area (Å²) in [5, 5.41) is 14.5. The van der Waals surface area contributed by atoms with Crippen LogP contribution in [0.15, 0.2) is 65.9 Å². The minimum atomic E-state index is -0.187. The van der Waals surface area contributed by atoms with E-state index >= 15 is 0 Å². The zero-order valence-corrected chi connectivity index (χ0v) is 14.6. The number of aliphatic imine (C=N–C) groups is 1. The molecule has 0 spiro atoms. The molecule has 7 heteroatoms. The number of para-hydroxylation sites is 1. The Morgan fingerprint density at radius 2 is 1.85 bits per heavy atom. The summed E-state index contributed by atoms with van der Waals surface area (Å²) in [7, 11) is 1.69. The van der Waals surface area contributed by atoms with Gasteiger partial charge in [-0.05, 0) is 30.2 Å². The minimum absolute atomic E-state index is 0.187. The molecule has 0 aliphatic heterocycles. The Bertz CT molecular complexity index is 859. The van der Waals surface area contributed by atoms with E-state index in [9.17, 15) is 4.39 Å². The molecule has 0 aliphatic carbocycles. The van der Waals surface area contributed by atoms with Crippen LogP contribution in [0.5, 0.6) is 0 Å². The second kappa shape index (κ2) is 8.75. The van der Waals surface area contributed by atoms with Crippen LogP contribution in [0.2, 0.25) is 0 Å². The van der Waals surface area contributed by atoms with Crippen molar-refractivity contribution in [3.05, 3.63) is 78.1 Å². The Kier molecular flexibility index (Phi) is 5.92. The van der Waals surface area contributed by atoms with Crippen molar-refractivity contribution in [2.45, 2.75) is 13.0 Å². The fraction of sp³-hybridized carbons (Fsp3) is 0.211. The number of guanidine groups is 1. The monoisotopic (exact) mass is 352 g/mol. The van der Waals surface area contributed by atoms with Gasteiger partial charge in [-0.25, -0.2) is 4.39 Å². The predicted octanol–water partition coefficient (Wildman–Crippen LogP) is 2.31. The van der Waals surface area contributed by atoms with Gasteiger partial charge in [0.15, 0.2) is 11.8 Å². The van der Waals surface area contributed by atoms with Gasteiger partial charge in [0.05, 0.1) is 6.54 Å². The molecule has 0 saturated heterocycles. The van der Waals surface area contributed by atoms with E-state index in [0.717, 1.165) is 11.5 Å². The Morgan fingerprint density at radius 3 is 2.62 bits per heavy atom. The van der Waals surface area contributed by atoms with Crippen LogP contribution in [0.4, 0.5) is 4.39 Å².